The topological polar surface area (TPSA) is 35.2 Å². The van der Waals surface area contributed by atoms with Gasteiger partial charge in [-0.3, -0.25) is 0 Å². The Morgan fingerprint density at radius 3 is 2.50 bits per heavy atom. The lowest BCUT2D eigenvalue weighted by atomic mass is 10.3. The fourth-order valence-electron chi connectivity index (χ4n) is 1.57. The first-order chi connectivity index (χ1) is 9.58. The highest BCUT2D eigenvalue weighted by Gasteiger charge is 2.07. The first kappa shape index (κ1) is 15.8. The standard InChI is InChI=1S/C14H12BrCl2NOS/c15-9-4-5-13(12(18)8-9)20-7-6-19-14-10(16)2-1-3-11(14)17/h1-5,8H,6-7,18H2. The molecule has 0 aliphatic heterocycles. The lowest BCUT2D eigenvalue weighted by Gasteiger charge is -2.10. The van der Waals surface area contributed by atoms with Crippen LogP contribution >= 0.6 is 50.9 Å². The van der Waals surface area contributed by atoms with E-state index in [1.54, 1.807) is 30.0 Å². The van der Waals surface area contributed by atoms with E-state index in [0.717, 1.165) is 20.8 Å². The van der Waals surface area contributed by atoms with Gasteiger partial charge in [-0.1, -0.05) is 45.2 Å². The van der Waals surface area contributed by atoms with Gasteiger partial charge in [-0.05, 0) is 30.3 Å². The molecule has 2 rings (SSSR count). The summed E-state index contributed by atoms with van der Waals surface area (Å²) in [7, 11) is 0. The number of ether oxygens (including phenoxy) is 1. The van der Waals surface area contributed by atoms with Crippen molar-refractivity contribution in [3.05, 3.63) is 50.9 Å². The van der Waals surface area contributed by atoms with Gasteiger partial charge in [0.1, 0.15) is 0 Å². The van der Waals surface area contributed by atoms with Crippen LogP contribution in [0.15, 0.2) is 45.8 Å². The molecule has 0 aliphatic rings. The van der Waals surface area contributed by atoms with Crippen LogP contribution < -0.4 is 10.5 Å². The molecule has 6 heteroatoms. The van der Waals surface area contributed by atoms with Crippen LogP contribution in [0.4, 0.5) is 5.69 Å². The van der Waals surface area contributed by atoms with Crippen LogP contribution in [0, 0.1) is 0 Å². The molecule has 2 aromatic rings. The van der Waals surface area contributed by atoms with E-state index in [4.69, 9.17) is 33.7 Å². The third-order valence-electron chi connectivity index (χ3n) is 2.48. The second-order valence-electron chi connectivity index (χ2n) is 3.93. The molecule has 0 radical (unpaired) electrons. The minimum atomic E-state index is 0.504. The Balaban J connectivity index is 1.88. The van der Waals surface area contributed by atoms with Crippen molar-refractivity contribution in [1.82, 2.24) is 0 Å². The van der Waals surface area contributed by atoms with Crippen LogP contribution in [0.5, 0.6) is 5.75 Å². The van der Waals surface area contributed by atoms with E-state index in [2.05, 4.69) is 15.9 Å². The minimum Gasteiger partial charge on any atom is -0.490 e. The Hall–Kier alpha value is -0.550. The van der Waals surface area contributed by atoms with Crippen molar-refractivity contribution in [3.8, 4) is 5.75 Å². The summed E-state index contributed by atoms with van der Waals surface area (Å²) in [5.74, 6) is 1.29. The molecule has 2 nitrogen and oxygen atoms in total. The fourth-order valence-corrected chi connectivity index (χ4v) is 3.23. The van der Waals surface area contributed by atoms with Crippen molar-refractivity contribution >= 4 is 56.6 Å². The summed E-state index contributed by atoms with van der Waals surface area (Å²) >= 11 is 17.1. The Morgan fingerprint density at radius 1 is 1.15 bits per heavy atom. The van der Waals surface area contributed by atoms with Gasteiger partial charge in [-0.15, -0.1) is 11.8 Å². The number of anilines is 1. The van der Waals surface area contributed by atoms with Crippen LogP contribution in [-0.2, 0) is 0 Å². The largest absolute Gasteiger partial charge is 0.490 e. The molecule has 0 fully saturated rings. The number of rotatable bonds is 5. The first-order valence-electron chi connectivity index (χ1n) is 5.82. The van der Waals surface area contributed by atoms with Crippen molar-refractivity contribution < 1.29 is 4.74 Å². The monoisotopic (exact) mass is 391 g/mol. The second kappa shape index (κ2) is 7.46. The molecule has 2 aromatic carbocycles. The maximum absolute atomic E-state index is 6.03. The number of thioether (sulfide) groups is 1. The van der Waals surface area contributed by atoms with Crippen LogP contribution in [0.25, 0.3) is 0 Å². The number of hydrogen-bond acceptors (Lipinski definition) is 3. The summed E-state index contributed by atoms with van der Waals surface area (Å²) < 4.78 is 6.59. The van der Waals surface area contributed by atoms with Crippen molar-refractivity contribution in [3.63, 3.8) is 0 Å². The van der Waals surface area contributed by atoms with Gasteiger partial charge in [0.15, 0.2) is 5.75 Å². The zero-order chi connectivity index (χ0) is 14.5. The maximum atomic E-state index is 6.03. The molecule has 0 atom stereocenters. The van der Waals surface area contributed by atoms with Crippen molar-refractivity contribution in [2.45, 2.75) is 4.90 Å². The van der Waals surface area contributed by atoms with Gasteiger partial charge in [0.2, 0.25) is 0 Å². The summed E-state index contributed by atoms with van der Waals surface area (Å²) in [4.78, 5) is 1.03. The first-order valence-corrected chi connectivity index (χ1v) is 8.36. The molecule has 0 spiro atoms. The highest BCUT2D eigenvalue weighted by Crippen LogP contribution is 2.33. The molecule has 0 heterocycles. The number of benzene rings is 2. The molecule has 0 aliphatic carbocycles. The highest BCUT2D eigenvalue weighted by atomic mass is 79.9. The molecule has 20 heavy (non-hydrogen) atoms. The molecule has 0 unspecified atom stereocenters. The molecule has 0 saturated heterocycles. The Bertz CT molecular complexity index is 589. The molecule has 0 bridgehead atoms. The van der Waals surface area contributed by atoms with Crippen molar-refractivity contribution in [1.29, 1.82) is 0 Å². The zero-order valence-electron chi connectivity index (χ0n) is 10.4. The van der Waals surface area contributed by atoms with Gasteiger partial charge >= 0.3 is 0 Å². The minimum absolute atomic E-state index is 0.504. The molecule has 0 saturated carbocycles. The number of halogens is 3. The second-order valence-corrected chi connectivity index (χ2v) is 6.80. The van der Waals surface area contributed by atoms with E-state index in [1.165, 1.54) is 0 Å². The van der Waals surface area contributed by atoms with Crippen LogP contribution in [0.3, 0.4) is 0 Å². The third-order valence-corrected chi connectivity index (χ3v) is 4.62. The van der Waals surface area contributed by atoms with Crippen LogP contribution in [0.1, 0.15) is 0 Å². The lowest BCUT2D eigenvalue weighted by molar-refractivity contribution is 0.344. The van der Waals surface area contributed by atoms with E-state index in [0.29, 0.717) is 22.4 Å². The summed E-state index contributed by atoms with van der Waals surface area (Å²) in [6, 6.07) is 11.1. The number of hydrogen-bond donors (Lipinski definition) is 1. The van der Waals surface area contributed by atoms with E-state index in [1.807, 2.05) is 18.2 Å². The summed E-state index contributed by atoms with van der Waals surface area (Å²) in [5, 5.41) is 1.04. The molecular weight excluding hydrogens is 381 g/mol. The molecule has 0 aromatic heterocycles. The highest BCUT2D eigenvalue weighted by molar-refractivity contribution is 9.10. The van der Waals surface area contributed by atoms with E-state index in [9.17, 15) is 0 Å². The maximum Gasteiger partial charge on any atom is 0.156 e. The van der Waals surface area contributed by atoms with Gasteiger partial charge in [0, 0.05) is 20.8 Å². The normalized spacial score (nSPS) is 10.6. The molecular formula is C14H12BrCl2NOS. The predicted octanol–water partition coefficient (Wildman–Crippen LogP) is 5.51. The number of para-hydroxylation sites is 1. The lowest BCUT2D eigenvalue weighted by Crippen LogP contribution is -2.01. The van der Waals surface area contributed by atoms with Crippen molar-refractivity contribution in [2.75, 3.05) is 18.1 Å². The van der Waals surface area contributed by atoms with Gasteiger partial charge in [0.05, 0.1) is 16.7 Å². The van der Waals surface area contributed by atoms with Gasteiger partial charge < -0.3 is 10.5 Å². The van der Waals surface area contributed by atoms with Crippen LogP contribution in [-0.4, -0.2) is 12.4 Å². The van der Waals surface area contributed by atoms with Crippen molar-refractivity contribution in [2.24, 2.45) is 0 Å². The number of nitrogen functional groups attached to an aromatic ring is 1. The Kier molecular flexibility index (Phi) is 5.90. The Morgan fingerprint density at radius 2 is 1.85 bits per heavy atom. The number of nitrogens with two attached hydrogens (primary N) is 1. The van der Waals surface area contributed by atoms with Gasteiger partial charge in [0.25, 0.3) is 0 Å². The smallest absolute Gasteiger partial charge is 0.156 e. The van der Waals surface area contributed by atoms with Gasteiger partial charge in [-0.2, -0.15) is 0 Å². The summed E-state index contributed by atoms with van der Waals surface area (Å²) in [6.45, 7) is 0.504. The third kappa shape index (κ3) is 4.22. The predicted molar refractivity (Wildman–Crippen MR) is 91.2 cm³/mol. The summed E-state index contributed by atoms with van der Waals surface area (Å²) in [6.07, 6.45) is 0. The van der Waals surface area contributed by atoms with Gasteiger partial charge in [-0.25, -0.2) is 0 Å². The van der Waals surface area contributed by atoms with E-state index in [-0.39, 0.29) is 0 Å². The van der Waals surface area contributed by atoms with Crippen LogP contribution in [0.2, 0.25) is 10.0 Å². The van der Waals surface area contributed by atoms with E-state index < -0.39 is 0 Å². The SMILES string of the molecule is Nc1cc(Br)ccc1SCCOc1c(Cl)cccc1Cl. The average Bonchev–Trinajstić information content (AvgIpc) is 2.39. The Labute approximate surface area is 140 Å². The quantitative estimate of drug-likeness (QED) is 0.414. The molecule has 106 valence electrons. The fraction of sp³-hybridized carbons (Fsp3) is 0.143. The molecule has 2 N–H and O–H groups in total. The summed E-state index contributed by atoms with van der Waals surface area (Å²) in [5.41, 5.74) is 6.68. The average molecular weight is 393 g/mol. The molecule has 0 amide bonds. The van der Waals surface area contributed by atoms with E-state index >= 15 is 0 Å². The zero-order valence-corrected chi connectivity index (χ0v) is 14.3.